The van der Waals surface area contributed by atoms with Crippen LogP contribution < -0.4 is 5.32 Å². The Kier molecular flexibility index (Phi) is 5.70. The summed E-state index contributed by atoms with van der Waals surface area (Å²) in [7, 11) is 0. The minimum absolute atomic E-state index is 0.379. The summed E-state index contributed by atoms with van der Waals surface area (Å²) < 4.78 is 0. The number of aliphatic carboxylic acids is 1. The van der Waals surface area contributed by atoms with Gasteiger partial charge in [-0.3, -0.25) is 0 Å². The first-order valence-electron chi connectivity index (χ1n) is 6.36. The van der Waals surface area contributed by atoms with Gasteiger partial charge in [0.25, 0.3) is 0 Å². The van der Waals surface area contributed by atoms with E-state index in [0.717, 1.165) is 16.8 Å². The third-order valence-corrected chi connectivity index (χ3v) is 3.46. The Morgan fingerprint density at radius 1 is 1.50 bits per heavy atom. The minimum atomic E-state index is -0.919. The number of carboxylic acid groups (broad SMARTS) is 1. The SMILES string of the molecule is C=CCN(C(=S)Nc1c(C)cccc1C)C(C)C(=O)O. The van der Waals surface area contributed by atoms with Crippen LogP contribution in [0.2, 0.25) is 0 Å². The summed E-state index contributed by atoms with van der Waals surface area (Å²) in [6.45, 7) is 9.59. The summed E-state index contributed by atoms with van der Waals surface area (Å²) in [4.78, 5) is 12.7. The molecule has 0 aromatic heterocycles. The molecule has 1 unspecified atom stereocenters. The molecule has 0 heterocycles. The Morgan fingerprint density at radius 3 is 2.50 bits per heavy atom. The van der Waals surface area contributed by atoms with Gasteiger partial charge in [0.1, 0.15) is 6.04 Å². The summed E-state index contributed by atoms with van der Waals surface area (Å²) in [5.74, 6) is -0.919. The van der Waals surface area contributed by atoms with Crippen molar-refractivity contribution in [3.63, 3.8) is 0 Å². The molecule has 0 spiro atoms. The first kappa shape index (κ1) is 16.2. The highest BCUT2D eigenvalue weighted by atomic mass is 32.1. The maximum atomic E-state index is 11.1. The van der Waals surface area contributed by atoms with Crippen molar-refractivity contribution in [2.24, 2.45) is 0 Å². The van der Waals surface area contributed by atoms with E-state index in [2.05, 4.69) is 11.9 Å². The van der Waals surface area contributed by atoms with Crippen LogP contribution >= 0.6 is 12.2 Å². The Balaban J connectivity index is 2.97. The topological polar surface area (TPSA) is 52.6 Å². The molecule has 4 nitrogen and oxygen atoms in total. The molecule has 108 valence electrons. The quantitative estimate of drug-likeness (QED) is 0.645. The second-order valence-electron chi connectivity index (χ2n) is 4.65. The highest BCUT2D eigenvalue weighted by Crippen LogP contribution is 2.20. The molecule has 0 bridgehead atoms. The molecule has 1 aromatic rings. The van der Waals surface area contributed by atoms with Crippen molar-refractivity contribution in [3.05, 3.63) is 42.0 Å². The normalized spacial score (nSPS) is 11.6. The Morgan fingerprint density at radius 2 is 2.05 bits per heavy atom. The summed E-state index contributed by atoms with van der Waals surface area (Å²) in [6, 6.07) is 5.23. The Bertz CT molecular complexity index is 508. The number of hydrogen-bond donors (Lipinski definition) is 2. The van der Waals surface area contributed by atoms with Gasteiger partial charge in [0, 0.05) is 12.2 Å². The van der Waals surface area contributed by atoms with Crippen molar-refractivity contribution in [2.45, 2.75) is 26.8 Å². The molecule has 0 amide bonds. The number of carbonyl (C=O) groups is 1. The number of benzene rings is 1. The van der Waals surface area contributed by atoms with Gasteiger partial charge in [-0.25, -0.2) is 4.79 Å². The van der Waals surface area contributed by atoms with Crippen LogP contribution in [0.15, 0.2) is 30.9 Å². The van der Waals surface area contributed by atoms with E-state index in [1.54, 1.807) is 17.9 Å². The number of nitrogens with zero attached hydrogens (tertiary/aromatic N) is 1. The van der Waals surface area contributed by atoms with Crippen molar-refractivity contribution in [1.29, 1.82) is 0 Å². The summed E-state index contributed by atoms with van der Waals surface area (Å²) in [5.41, 5.74) is 3.05. The molecule has 0 fully saturated rings. The highest BCUT2D eigenvalue weighted by Gasteiger charge is 2.22. The molecule has 2 N–H and O–H groups in total. The van der Waals surface area contributed by atoms with Gasteiger partial charge in [0.15, 0.2) is 5.11 Å². The third-order valence-electron chi connectivity index (χ3n) is 3.12. The number of anilines is 1. The van der Waals surface area contributed by atoms with Crippen molar-refractivity contribution in [2.75, 3.05) is 11.9 Å². The van der Waals surface area contributed by atoms with Gasteiger partial charge in [-0.1, -0.05) is 24.3 Å². The molecule has 0 radical (unpaired) electrons. The van der Waals surface area contributed by atoms with Crippen LogP contribution in [0.4, 0.5) is 5.69 Å². The lowest BCUT2D eigenvalue weighted by molar-refractivity contribution is -0.140. The minimum Gasteiger partial charge on any atom is -0.480 e. The number of carboxylic acids is 1. The average molecular weight is 292 g/mol. The zero-order valence-corrected chi connectivity index (χ0v) is 12.8. The maximum absolute atomic E-state index is 11.1. The van der Waals surface area contributed by atoms with E-state index in [-0.39, 0.29) is 0 Å². The molecule has 0 aliphatic rings. The molecular weight excluding hydrogens is 272 g/mol. The predicted octanol–water partition coefficient (Wildman–Crippen LogP) is 2.96. The average Bonchev–Trinajstić information content (AvgIpc) is 2.39. The molecular formula is C15H20N2O2S. The second-order valence-corrected chi connectivity index (χ2v) is 5.04. The van der Waals surface area contributed by atoms with Crippen LogP contribution in [0.5, 0.6) is 0 Å². The smallest absolute Gasteiger partial charge is 0.326 e. The lowest BCUT2D eigenvalue weighted by atomic mass is 10.1. The third kappa shape index (κ3) is 3.81. The van der Waals surface area contributed by atoms with E-state index in [1.807, 2.05) is 32.0 Å². The number of para-hydroxylation sites is 1. The van der Waals surface area contributed by atoms with Crippen LogP contribution in [0.25, 0.3) is 0 Å². The fraction of sp³-hybridized carbons (Fsp3) is 0.333. The monoisotopic (exact) mass is 292 g/mol. The Labute approximate surface area is 125 Å². The van der Waals surface area contributed by atoms with Gasteiger partial charge in [-0.2, -0.15) is 0 Å². The zero-order chi connectivity index (χ0) is 15.3. The number of rotatable bonds is 5. The van der Waals surface area contributed by atoms with E-state index < -0.39 is 12.0 Å². The van der Waals surface area contributed by atoms with Crippen LogP contribution in [-0.2, 0) is 4.79 Å². The molecule has 5 heteroatoms. The van der Waals surface area contributed by atoms with Crippen molar-refractivity contribution in [1.82, 2.24) is 4.90 Å². The lowest BCUT2D eigenvalue weighted by Crippen LogP contribution is -2.45. The fourth-order valence-electron chi connectivity index (χ4n) is 1.88. The van der Waals surface area contributed by atoms with E-state index in [9.17, 15) is 4.79 Å². The largest absolute Gasteiger partial charge is 0.480 e. The molecule has 0 aliphatic heterocycles. The summed E-state index contributed by atoms with van der Waals surface area (Å²) in [6.07, 6.45) is 1.64. The summed E-state index contributed by atoms with van der Waals surface area (Å²) >= 11 is 5.34. The van der Waals surface area contributed by atoms with Crippen molar-refractivity contribution < 1.29 is 9.90 Å². The maximum Gasteiger partial charge on any atom is 0.326 e. The van der Waals surface area contributed by atoms with Crippen molar-refractivity contribution in [3.8, 4) is 0 Å². The molecule has 1 atom stereocenters. The van der Waals surface area contributed by atoms with E-state index >= 15 is 0 Å². The molecule has 1 aromatic carbocycles. The van der Waals surface area contributed by atoms with Crippen molar-refractivity contribution >= 4 is 29.0 Å². The van der Waals surface area contributed by atoms with Crippen LogP contribution in [0, 0.1) is 13.8 Å². The molecule has 1 rings (SSSR count). The highest BCUT2D eigenvalue weighted by molar-refractivity contribution is 7.80. The molecule has 0 saturated carbocycles. The predicted molar refractivity (Wildman–Crippen MR) is 86.1 cm³/mol. The van der Waals surface area contributed by atoms with Gasteiger partial charge < -0.3 is 15.3 Å². The van der Waals surface area contributed by atoms with Crippen LogP contribution in [-0.4, -0.2) is 33.7 Å². The van der Waals surface area contributed by atoms with Gasteiger partial charge in [0.05, 0.1) is 0 Å². The zero-order valence-electron chi connectivity index (χ0n) is 12.0. The van der Waals surface area contributed by atoms with Gasteiger partial charge >= 0.3 is 5.97 Å². The van der Waals surface area contributed by atoms with E-state index in [4.69, 9.17) is 17.3 Å². The molecule has 0 aliphatic carbocycles. The number of nitrogens with one attached hydrogen (secondary N) is 1. The number of aryl methyl sites for hydroxylation is 2. The van der Waals surface area contributed by atoms with Gasteiger partial charge in [-0.15, -0.1) is 6.58 Å². The summed E-state index contributed by atoms with van der Waals surface area (Å²) in [5, 5.41) is 12.7. The number of hydrogen-bond acceptors (Lipinski definition) is 2. The molecule has 20 heavy (non-hydrogen) atoms. The van der Waals surface area contributed by atoms with Crippen LogP contribution in [0.1, 0.15) is 18.1 Å². The second kappa shape index (κ2) is 7.05. The standard InChI is InChI=1S/C15H20N2O2S/c1-5-9-17(12(4)14(18)19)15(20)16-13-10(2)7-6-8-11(13)3/h5-8,12H,1,9H2,2-4H3,(H,16,20)(H,18,19). The van der Waals surface area contributed by atoms with Crippen LogP contribution in [0.3, 0.4) is 0 Å². The van der Waals surface area contributed by atoms with Gasteiger partial charge in [-0.05, 0) is 44.1 Å². The molecule has 0 saturated heterocycles. The van der Waals surface area contributed by atoms with E-state index in [0.29, 0.717) is 11.7 Å². The first-order chi connectivity index (χ1) is 9.38. The van der Waals surface area contributed by atoms with Gasteiger partial charge in [0.2, 0.25) is 0 Å². The number of thiocarbonyl (C=S) groups is 1. The van der Waals surface area contributed by atoms with E-state index in [1.165, 1.54) is 0 Å². The lowest BCUT2D eigenvalue weighted by Gasteiger charge is -2.29. The Hall–Kier alpha value is -1.88. The first-order valence-corrected chi connectivity index (χ1v) is 6.76. The fourth-order valence-corrected chi connectivity index (χ4v) is 2.21.